The Morgan fingerprint density at radius 2 is 1.93 bits per heavy atom. The van der Waals surface area contributed by atoms with Gasteiger partial charge in [0.05, 0.1) is 24.8 Å². The first-order valence-electron chi connectivity index (χ1n) is 7.90. The molecule has 0 atom stereocenters. The van der Waals surface area contributed by atoms with E-state index in [1.807, 2.05) is 0 Å². The standard InChI is InChI=1S/C17H15ClN6O4/c1-27-14-6-5-10(18)8-12(14)21-15-13(24(25)26)9-20-17(23-15)22-11-4-3-7-19-16(11)28-2/h3-9H,1-2H3,(H2,20,21,22,23). The Labute approximate surface area is 164 Å². The van der Waals surface area contributed by atoms with Crippen LogP contribution in [0.2, 0.25) is 5.02 Å². The number of ether oxygens (including phenoxy) is 2. The third kappa shape index (κ3) is 4.18. The summed E-state index contributed by atoms with van der Waals surface area (Å²) in [6, 6.07) is 8.26. The Morgan fingerprint density at radius 3 is 2.64 bits per heavy atom. The molecule has 2 heterocycles. The molecule has 3 rings (SSSR count). The van der Waals surface area contributed by atoms with Crippen molar-refractivity contribution in [2.45, 2.75) is 0 Å². The van der Waals surface area contributed by atoms with Crippen LogP contribution in [0.15, 0.2) is 42.7 Å². The molecule has 0 saturated carbocycles. The lowest BCUT2D eigenvalue weighted by atomic mass is 10.3. The van der Waals surface area contributed by atoms with Crippen LogP contribution >= 0.6 is 11.6 Å². The zero-order chi connectivity index (χ0) is 20.1. The van der Waals surface area contributed by atoms with E-state index in [9.17, 15) is 10.1 Å². The highest BCUT2D eigenvalue weighted by atomic mass is 35.5. The highest BCUT2D eigenvalue weighted by Gasteiger charge is 2.19. The number of nitrogens with zero attached hydrogens (tertiary/aromatic N) is 4. The molecule has 0 spiro atoms. The van der Waals surface area contributed by atoms with Gasteiger partial charge in [-0.05, 0) is 30.3 Å². The molecule has 11 heteroatoms. The summed E-state index contributed by atoms with van der Waals surface area (Å²) in [6.07, 6.45) is 2.66. The Kier molecular flexibility index (Phi) is 5.70. The maximum absolute atomic E-state index is 11.4. The molecule has 0 unspecified atom stereocenters. The Morgan fingerprint density at radius 1 is 1.11 bits per heavy atom. The second kappa shape index (κ2) is 8.35. The Balaban J connectivity index is 1.99. The molecule has 2 aromatic heterocycles. The zero-order valence-corrected chi connectivity index (χ0v) is 15.6. The maximum Gasteiger partial charge on any atom is 0.329 e. The first-order valence-corrected chi connectivity index (χ1v) is 8.27. The molecule has 2 N–H and O–H groups in total. The largest absolute Gasteiger partial charge is 0.495 e. The van der Waals surface area contributed by atoms with Crippen molar-refractivity contribution in [2.75, 3.05) is 24.9 Å². The van der Waals surface area contributed by atoms with Crippen LogP contribution in [0, 0.1) is 10.1 Å². The summed E-state index contributed by atoms with van der Waals surface area (Å²) >= 11 is 6.02. The van der Waals surface area contributed by atoms with Crippen molar-refractivity contribution in [1.29, 1.82) is 0 Å². The topological polar surface area (TPSA) is 124 Å². The first-order chi connectivity index (χ1) is 13.5. The summed E-state index contributed by atoms with van der Waals surface area (Å²) < 4.78 is 10.4. The minimum absolute atomic E-state index is 0.0362. The zero-order valence-electron chi connectivity index (χ0n) is 14.8. The van der Waals surface area contributed by atoms with Gasteiger partial charge < -0.3 is 20.1 Å². The molecule has 1 aromatic carbocycles. The highest BCUT2D eigenvalue weighted by Crippen LogP contribution is 2.34. The first kappa shape index (κ1) is 19.1. The van der Waals surface area contributed by atoms with Crippen LogP contribution in [-0.2, 0) is 0 Å². The average molecular weight is 403 g/mol. The molecule has 3 aromatic rings. The van der Waals surface area contributed by atoms with E-state index in [2.05, 4.69) is 25.6 Å². The van der Waals surface area contributed by atoms with Gasteiger partial charge in [0.1, 0.15) is 17.6 Å². The molecule has 10 nitrogen and oxygen atoms in total. The van der Waals surface area contributed by atoms with Crippen molar-refractivity contribution in [1.82, 2.24) is 15.0 Å². The number of methoxy groups -OCH3 is 2. The smallest absolute Gasteiger partial charge is 0.329 e. The number of halogens is 1. The molecule has 0 aliphatic rings. The molecule has 0 aliphatic heterocycles. The molecule has 28 heavy (non-hydrogen) atoms. The average Bonchev–Trinajstić information content (AvgIpc) is 2.68. The predicted molar refractivity (Wildman–Crippen MR) is 104 cm³/mol. The summed E-state index contributed by atoms with van der Waals surface area (Å²) in [5.41, 5.74) is 0.609. The fourth-order valence-electron chi connectivity index (χ4n) is 2.34. The van der Waals surface area contributed by atoms with Crippen LogP contribution in [0.5, 0.6) is 11.6 Å². The molecular formula is C17H15ClN6O4. The normalized spacial score (nSPS) is 10.2. The summed E-state index contributed by atoms with van der Waals surface area (Å²) in [4.78, 5) is 23.1. The lowest BCUT2D eigenvalue weighted by Crippen LogP contribution is -2.06. The summed E-state index contributed by atoms with van der Waals surface area (Å²) in [5.74, 6) is 0.850. The molecule has 0 bridgehead atoms. The van der Waals surface area contributed by atoms with Crippen molar-refractivity contribution in [3.63, 3.8) is 0 Å². The molecule has 0 saturated heterocycles. The van der Waals surface area contributed by atoms with E-state index in [0.29, 0.717) is 28.0 Å². The summed E-state index contributed by atoms with van der Waals surface area (Å²) in [7, 11) is 2.95. The van der Waals surface area contributed by atoms with E-state index in [1.165, 1.54) is 14.2 Å². The number of hydrogen-bond donors (Lipinski definition) is 2. The van der Waals surface area contributed by atoms with Gasteiger partial charge >= 0.3 is 5.69 Å². The van der Waals surface area contributed by atoms with Gasteiger partial charge in [-0.2, -0.15) is 4.98 Å². The van der Waals surface area contributed by atoms with E-state index >= 15 is 0 Å². The van der Waals surface area contributed by atoms with Gasteiger partial charge in [-0.15, -0.1) is 0 Å². The lowest BCUT2D eigenvalue weighted by Gasteiger charge is -2.12. The van der Waals surface area contributed by atoms with E-state index < -0.39 is 4.92 Å². The molecule has 144 valence electrons. The van der Waals surface area contributed by atoms with Crippen molar-refractivity contribution in [3.8, 4) is 11.6 Å². The van der Waals surface area contributed by atoms with Gasteiger partial charge in [-0.25, -0.2) is 9.97 Å². The van der Waals surface area contributed by atoms with Gasteiger partial charge in [-0.3, -0.25) is 10.1 Å². The second-order valence-corrected chi connectivity index (χ2v) is 5.78. The van der Waals surface area contributed by atoms with E-state index in [-0.39, 0.29) is 17.5 Å². The quantitative estimate of drug-likeness (QED) is 0.446. The maximum atomic E-state index is 11.4. The number of nitro groups is 1. The lowest BCUT2D eigenvalue weighted by molar-refractivity contribution is -0.384. The summed E-state index contributed by atoms with van der Waals surface area (Å²) in [6.45, 7) is 0. The number of pyridine rings is 1. The molecule has 0 radical (unpaired) electrons. The number of anilines is 4. The number of benzene rings is 1. The van der Waals surface area contributed by atoms with Gasteiger partial charge in [0.2, 0.25) is 17.6 Å². The van der Waals surface area contributed by atoms with Gasteiger partial charge in [0.15, 0.2) is 0 Å². The van der Waals surface area contributed by atoms with Crippen LogP contribution in [0.4, 0.5) is 28.8 Å². The second-order valence-electron chi connectivity index (χ2n) is 5.34. The fraction of sp³-hybridized carbons (Fsp3) is 0.118. The Bertz CT molecular complexity index is 1020. The third-order valence-electron chi connectivity index (χ3n) is 3.59. The van der Waals surface area contributed by atoms with E-state index in [4.69, 9.17) is 21.1 Å². The van der Waals surface area contributed by atoms with Crippen molar-refractivity contribution in [3.05, 3.63) is 57.9 Å². The van der Waals surface area contributed by atoms with Crippen LogP contribution in [0.1, 0.15) is 0 Å². The number of hydrogen-bond acceptors (Lipinski definition) is 9. The van der Waals surface area contributed by atoms with Crippen LogP contribution in [0.3, 0.4) is 0 Å². The fourth-order valence-corrected chi connectivity index (χ4v) is 2.51. The number of rotatable bonds is 7. The van der Waals surface area contributed by atoms with Gasteiger partial charge in [-0.1, -0.05) is 11.6 Å². The van der Waals surface area contributed by atoms with Crippen LogP contribution in [-0.4, -0.2) is 34.1 Å². The minimum Gasteiger partial charge on any atom is -0.495 e. The number of nitrogens with one attached hydrogen (secondary N) is 2. The van der Waals surface area contributed by atoms with Crippen molar-refractivity contribution < 1.29 is 14.4 Å². The molecular weight excluding hydrogens is 388 g/mol. The minimum atomic E-state index is -0.589. The van der Waals surface area contributed by atoms with Crippen LogP contribution < -0.4 is 20.1 Å². The highest BCUT2D eigenvalue weighted by molar-refractivity contribution is 6.31. The van der Waals surface area contributed by atoms with E-state index in [0.717, 1.165) is 6.20 Å². The monoisotopic (exact) mass is 402 g/mol. The SMILES string of the molecule is COc1ccc(Cl)cc1Nc1nc(Nc2cccnc2OC)ncc1[N+](=O)[O-]. The number of aromatic nitrogens is 3. The third-order valence-corrected chi connectivity index (χ3v) is 3.83. The van der Waals surface area contributed by atoms with Gasteiger partial charge in [0, 0.05) is 11.2 Å². The predicted octanol–water partition coefficient (Wildman–Crippen LogP) is 3.94. The van der Waals surface area contributed by atoms with Gasteiger partial charge in [0.25, 0.3) is 0 Å². The Hall–Kier alpha value is -3.66. The molecule has 0 amide bonds. The molecule has 0 aliphatic carbocycles. The molecule has 0 fully saturated rings. The van der Waals surface area contributed by atoms with Crippen molar-refractivity contribution in [2.24, 2.45) is 0 Å². The van der Waals surface area contributed by atoms with Crippen molar-refractivity contribution >= 4 is 40.4 Å². The van der Waals surface area contributed by atoms with E-state index in [1.54, 1.807) is 36.5 Å². The summed E-state index contributed by atoms with van der Waals surface area (Å²) in [5, 5.41) is 17.6. The van der Waals surface area contributed by atoms with Crippen LogP contribution in [0.25, 0.3) is 0 Å².